The maximum absolute atomic E-state index is 14.7. The van der Waals surface area contributed by atoms with E-state index in [1.54, 1.807) is 6.07 Å². The number of aryl methyl sites for hydroxylation is 2. The molecule has 1 atom stereocenters. The summed E-state index contributed by atoms with van der Waals surface area (Å²) < 4.78 is 109. The van der Waals surface area contributed by atoms with E-state index in [1.807, 2.05) is 6.07 Å². The first-order valence-electron chi connectivity index (χ1n) is 11.7. The summed E-state index contributed by atoms with van der Waals surface area (Å²) in [5.74, 6) is -1.89. The van der Waals surface area contributed by atoms with Crippen molar-refractivity contribution in [3.05, 3.63) is 64.7 Å². The van der Waals surface area contributed by atoms with Crippen LogP contribution in [0.3, 0.4) is 0 Å². The minimum Gasteiger partial charge on any atom is -0.427 e. The standard InChI is InChI=1S/C26H28F8O/c1-2-3-16-4-8-18(9-5-16)20-12-11-19(21(27)15-20)10-6-17-7-13-23(22(28)14-17)35-26(33,34)24(29)25(30,31)32/h7,11-16,18,24H,2-6,8-10H2,1H3. The predicted molar refractivity (Wildman–Crippen MR) is 116 cm³/mol. The van der Waals surface area contributed by atoms with E-state index in [0.717, 1.165) is 49.3 Å². The number of halogens is 8. The van der Waals surface area contributed by atoms with E-state index in [2.05, 4.69) is 11.7 Å². The molecule has 9 heteroatoms. The number of hydrogen-bond donors (Lipinski definition) is 0. The molecule has 0 heterocycles. The van der Waals surface area contributed by atoms with Crippen molar-refractivity contribution in [2.45, 2.75) is 82.7 Å². The Morgan fingerprint density at radius 2 is 1.57 bits per heavy atom. The van der Waals surface area contributed by atoms with Gasteiger partial charge in [-0.25, -0.2) is 13.2 Å². The van der Waals surface area contributed by atoms with Crippen molar-refractivity contribution >= 4 is 0 Å². The molecular weight excluding hydrogens is 480 g/mol. The average molecular weight is 508 g/mol. The van der Waals surface area contributed by atoms with E-state index >= 15 is 0 Å². The van der Waals surface area contributed by atoms with E-state index in [9.17, 15) is 35.1 Å². The third-order valence-electron chi connectivity index (χ3n) is 6.60. The van der Waals surface area contributed by atoms with Crippen molar-refractivity contribution < 1.29 is 39.9 Å². The Balaban J connectivity index is 1.59. The molecule has 0 aromatic heterocycles. The predicted octanol–water partition coefficient (Wildman–Crippen LogP) is 8.70. The van der Waals surface area contributed by atoms with E-state index in [1.165, 1.54) is 18.9 Å². The van der Waals surface area contributed by atoms with Crippen LogP contribution in [0.4, 0.5) is 35.1 Å². The highest BCUT2D eigenvalue weighted by Crippen LogP contribution is 2.39. The second-order valence-corrected chi connectivity index (χ2v) is 9.19. The van der Waals surface area contributed by atoms with Crippen LogP contribution in [0.2, 0.25) is 0 Å². The molecule has 0 spiro atoms. The van der Waals surface area contributed by atoms with Crippen LogP contribution in [0, 0.1) is 17.6 Å². The van der Waals surface area contributed by atoms with Crippen molar-refractivity contribution in [1.29, 1.82) is 0 Å². The molecule has 0 radical (unpaired) electrons. The van der Waals surface area contributed by atoms with Crippen molar-refractivity contribution in [3.63, 3.8) is 0 Å². The fourth-order valence-electron chi connectivity index (χ4n) is 4.66. The molecule has 1 unspecified atom stereocenters. The van der Waals surface area contributed by atoms with E-state index in [0.29, 0.717) is 23.1 Å². The molecular formula is C26H28F8O. The third-order valence-corrected chi connectivity index (χ3v) is 6.60. The molecule has 0 bridgehead atoms. The number of alkyl halides is 6. The van der Waals surface area contributed by atoms with Crippen LogP contribution >= 0.6 is 0 Å². The van der Waals surface area contributed by atoms with Crippen LogP contribution in [-0.4, -0.2) is 18.5 Å². The highest BCUT2D eigenvalue weighted by molar-refractivity contribution is 5.32. The van der Waals surface area contributed by atoms with Gasteiger partial charge >= 0.3 is 12.3 Å². The molecule has 3 rings (SSSR count). The molecule has 2 aromatic rings. The van der Waals surface area contributed by atoms with Crippen molar-refractivity contribution in [3.8, 4) is 5.75 Å². The Hall–Kier alpha value is -2.32. The van der Waals surface area contributed by atoms with Gasteiger partial charge in [-0.3, -0.25) is 0 Å². The van der Waals surface area contributed by atoms with E-state index in [4.69, 9.17) is 0 Å². The lowest BCUT2D eigenvalue weighted by molar-refractivity contribution is -0.305. The van der Waals surface area contributed by atoms with Gasteiger partial charge in [-0.15, -0.1) is 0 Å². The normalized spacial score (nSPS) is 20.0. The van der Waals surface area contributed by atoms with Crippen LogP contribution in [-0.2, 0) is 12.8 Å². The lowest BCUT2D eigenvalue weighted by Crippen LogP contribution is -2.45. The maximum atomic E-state index is 14.7. The zero-order valence-corrected chi connectivity index (χ0v) is 19.3. The molecule has 0 saturated heterocycles. The summed E-state index contributed by atoms with van der Waals surface area (Å²) >= 11 is 0. The van der Waals surface area contributed by atoms with E-state index < -0.39 is 30.0 Å². The van der Waals surface area contributed by atoms with Gasteiger partial charge in [-0.05, 0) is 85.3 Å². The maximum Gasteiger partial charge on any atom is 0.439 e. The van der Waals surface area contributed by atoms with Gasteiger partial charge in [-0.1, -0.05) is 38.0 Å². The molecule has 194 valence electrons. The van der Waals surface area contributed by atoms with Gasteiger partial charge in [-0.2, -0.15) is 22.0 Å². The Morgan fingerprint density at radius 3 is 2.14 bits per heavy atom. The fourth-order valence-corrected chi connectivity index (χ4v) is 4.66. The van der Waals surface area contributed by atoms with E-state index in [-0.39, 0.29) is 18.7 Å². The summed E-state index contributed by atoms with van der Waals surface area (Å²) in [6.07, 6.45) is -8.68. The molecule has 1 fully saturated rings. The first-order chi connectivity index (χ1) is 16.4. The highest BCUT2D eigenvalue weighted by Gasteiger charge is 2.59. The zero-order valence-electron chi connectivity index (χ0n) is 19.3. The average Bonchev–Trinajstić information content (AvgIpc) is 2.79. The van der Waals surface area contributed by atoms with Crippen LogP contribution < -0.4 is 4.74 Å². The smallest absolute Gasteiger partial charge is 0.427 e. The largest absolute Gasteiger partial charge is 0.439 e. The van der Waals surface area contributed by atoms with Gasteiger partial charge in [0.25, 0.3) is 6.17 Å². The molecule has 1 nitrogen and oxygen atoms in total. The van der Waals surface area contributed by atoms with Gasteiger partial charge in [0.2, 0.25) is 0 Å². The van der Waals surface area contributed by atoms with Crippen LogP contribution in [0.15, 0.2) is 36.4 Å². The zero-order chi connectivity index (χ0) is 25.8. The first-order valence-corrected chi connectivity index (χ1v) is 11.7. The Morgan fingerprint density at radius 1 is 0.886 bits per heavy atom. The third kappa shape index (κ3) is 7.10. The Kier molecular flexibility index (Phi) is 8.70. The van der Waals surface area contributed by atoms with Crippen LogP contribution in [0.5, 0.6) is 5.75 Å². The topological polar surface area (TPSA) is 9.23 Å². The van der Waals surface area contributed by atoms with Gasteiger partial charge in [0.15, 0.2) is 11.6 Å². The second kappa shape index (κ2) is 11.2. The highest BCUT2D eigenvalue weighted by atomic mass is 19.4. The fraction of sp³-hybridized carbons (Fsp3) is 0.538. The lowest BCUT2D eigenvalue weighted by atomic mass is 9.77. The van der Waals surface area contributed by atoms with Crippen molar-refractivity contribution in [2.24, 2.45) is 5.92 Å². The minimum absolute atomic E-state index is 0.153. The summed E-state index contributed by atoms with van der Waals surface area (Å²) in [4.78, 5) is 0. The van der Waals surface area contributed by atoms with Crippen LogP contribution in [0.25, 0.3) is 0 Å². The Labute approximate surface area is 199 Å². The summed E-state index contributed by atoms with van der Waals surface area (Å²) in [7, 11) is 0. The number of benzene rings is 2. The van der Waals surface area contributed by atoms with Gasteiger partial charge < -0.3 is 4.74 Å². The molecule has 1 saturated carbocycles. The minimum atomic E-state index is -5.87. The van der Waals surface area contributed by atoms with Crippen molar-refractivity contribution in [1.82, 2.24) is 0 Å². The lowest BCUT2D eigenvalue weighted by Gasteiger charge is -2.28. The molecule has 1 aliphatic rings. The van der Waals surface area contributed by atoms with Gasteiger partial charge in [0.1, 0.15) is 5.82 Å². The summed E-state index contributed by atoms with van der Waals surface area (Å²) in [5, 5.41) is 0. The van der Waals surface area contributed by atoms with Crippen LogP contribution in [0.1, 0.15) is 68.1 Å². The molecule has 0 amide bonds. The van der Waals surface area contributed by atoms with Gasteiger partial charge in [0, 0.05) is 0 Å². The summed E-state index contributed by atoms with van der Waals surface area (Å²) in [5.41, 5.74) is 1.66. The number of rotatable bonds is 9. The SMILES string of the molecule is CCCC1CCC(c2ccc(CCc3ccc(OC(F)(F)C(F)C(F)(F)F)c(F)c3)c(F)c2)CC1. The number of ether oxygens (including phenoxy) is 1. The Bertz CT molecular complexity index is 980. The number of hydrogen-bond acceptors (Lipinski definition) is 1. The summed E-state index contributed by atoms with van der Waals surface area (Å²) in [6, 6.07) is 7.79. The molecule has 0 aliphatic heterocycles. The van der Waals surface area contributed by atoms with Crippen molar-refractivity contribution in [2.75, 3.05) is 0 Å². The van der Waals surface area contributed by atoms with Gasteiger partial charge in [0.05, 0.1) is 0 Å². The quantitative estimate of drug-likeness (QED) is 0.308. The molecule has 1 aliphatic carbocycles. The molecule has 0 N–H and O–H groups in total. The molecule has 35 heavy (non-hydrogen) atoms. The first kappa shape index (κ1) is 27.3. The summed E-state index contributed by atoms with van der Waals surface area (Å²) in [6.45, 7) is 2.18. The monoisotopic (exact) mass is 508 g/mol. The second-order valence-electron chi connectivity index (χ2n) is 9.19. The molecule has 2 aromatic carbocycles.